The molecule has 2 rings (SSSR count). The van der Waals surface area contributed by atoms with Gasteiger partial charge in [-0.1, -0.05) is 18.2 Å². The normalized spacial score (nSPS) is 10.1. The Morgan fingerprint density at radius 1 is 0.590 bits per heavy atom. The quantitative estimate of drug-likeness (QED) is 0.131. The van der Waals surface area contributed by atoms with E-state index in [1.165, 1.54) is 0 Å². The first-order valence-corrected chi connectivity index (χ1v) is 13.1. The maximum absolute atomic E-state index is 13.0. The van der Waals surface area contributed by atoms with Crippen molar-refractivity contribution in [2.45, 2.75) is 54.4 Å². The summed E-state index contributed by atoms with van der Waals surface area (Å²) in [4.78, 5) is 25.9. The fraction of sp³-hybridized carbons (Fsp3) is 0.375. The standard InChI is InChI=1S/C32H40O7/c1-23(2)20-35-15-7-17-37-31(33)29-14-11-27(26-9-12-28(13-10-26)39-22-25(5)6)19-30(29)32(34)38-18-8-16-36-21-24(3)4/h9-14,19-22H,7-8,15-18H2,1-6H3. The van der Waals surface area contributed by atoms with Crippen molar-refractivity contribution in [2.24, 2.45) is 0 Å². The molecule has 0 aliphatic rings. The van der Waals surface area contributed by atoms with Gasteiger partial charge in [0, 0.05) is 12.8 Å². The highest BCUT2D eigenvalue weighted by Gasteiger charge is 2.21. The molecule has 0 atom stereocenters. The molecule has 7 heteroatoms. The van der Waals surface area contributed by atoms with Crippen LogP contribution in [0.2, 0.25) is 0 Å². The van der Waals surface area contributed by atoms with Crippen LogP contribution in [0.4, 0.5) is 0 Å². The topological polar surface area (TPSA) is 80.3 Å². The van der Waals surface area contributed by atoms with Crippen LogP contribution in [0.25, 0.3) is 11.1 Å². The van der Waals surface area contributed by atoms with Crippen LogP contribution in [-0.2, 0) is 18.9 Å². The predicted molar refractivity (Wildman–Crippen MR) is 153 cm³/mol. The smallest absolute Gasteiger partial charge is 0.339 e. The second kappa shape index (κ2) is 16.8. The zero-order valence-electron chi connectivity index (χ0n) is 23.9. The minimum Gasteiger partial charge on any atom is -0.501 e. The van der Waals surface area contributed by atoms with E-state index in [4.69, 9.17) is 23.7 Å². The van der Waals surface area contributed by atoms with E-state index in [0.29, 0.717) is 31.8 Å². The van der Waals surface area contributed by atoms with E-state index < -0.39 is 11.9 Å². The third-order valence-electron chi connectivity index (χ3n) is 5.00. The van der Waals surface area contributed by atoms with Crippen LogP contribution in [-0.4, -0.2) is 38.4 Å². The molecule has 0 saturated carbocycles. The van der Waals surface area contributed by atoms with E-state index in [1.807, 2.05) is 65.8 Å². The number of esters is 2. The number of hydrogen-bond acceptors (Lipinski definition) is 7. The van der Waals surface area contributed by atoms with Crippen LogP contribution in [0.5, 0.6) is 5.75 Å². The largest absolute Gasteiger partial charge is 0.501 e. The summed E-state index contributed by atoms with van der Waals surface area (Å²) in [6.45, 7) is 12.8. The predicted octanol–water partition coefficient (Wildman–Crippen LogP) is 7.63. The fourth-order valence-corrected chi connectivity index (χ4v) is 3.20. The van der Waals surface area contributed by atoms with Crippen molar-refractivity contribution in [2.75, 3.05) is 26.4 Å². The van der Waals surface area contributed by atoms with E-state index >= 15 is 0 Å². The van der Waals surface area contributed by atoms with Gasteiger partial charge >= 0.3 is 11.9 Å². The Bertz CT molecular complexity index is 1160. The lowest BCUT2D eigenvalue weighted by Gasteiger charge is -2.12. The van der Waals surface area contributed by atoms with Crippen molar-refractivity contribution in [3.8, 4) is 16.9 Å². The third-order valence-corrected chi connectivity index (χ3v) is 5.00. The first-order valence-electron chi connectivity index (χ1n) is 13.1. The van der Waals surface area contributed by atoms with Gasteiger partial charge in [0.25, 0.3) is 0 Å². The van der Waals surface area contributed by atoms with Gasteiger partial charge < -0.3 is 23.7 Å². The third kappa shape index (κ3) is 11.9. The van der Waals surface area contributed by atoms with Gasteiger partial charge in [0.2, 0.25) is 0 Å². The molecule has 7 nitrogen and oxygen atoms in total. The number of allylic oxidation sites excluding steroid dienone is 3. The summed E-state index contributed by atoms with van der Waals surface area (Å²) in [7, 11) is 0. The second-order valence-corrected chi connectivity index (χ2v) is 9.71. The average molecular weight is 537 g/mol. The molecular formula is C32H40O7. The Labute approximate surface area is 232 Å². The molecule has 2 aromatic carbocycles. The number of carbonyl (C=O) groups is 2. The Morgan fingerprint density at radius 3 is 1.59 bits per heavy atom. The zero-order chi connectivity index (χ0) is 28.6. The van der Waals surface area contributed by atoms with Gasteiger partial charge in [-0.2, -0.15) is 0 Å². The van der Waals surface area contributed by atoms with Crippen LogP contribution < -0.4 is 4.74 Å². The lowest BCUT2D eigenvalue weighted by Crippen LogP contribution is -2.16. The number of ether oxygens (including phenoxy) is 5. The molecule has 0 aliphatic heterocycles. The summed E-state index contributed by atoms with van der Waals surface area (Å²) in [6.07, 6.45) is 6.07. The Morgan fingerprint density at radius 2 is 1.08 bits per heavy atom. The van der Waals surface area contributed by atoms with Crippen molar-refractivity contribution >= 4 is 11.9 Å². The van der Waals surface area contributed by atoms with Crippen LogP contribution in [0.15, 0.2) is 78.0 Å². The van der Waals surface area contributed by atoms with Crippen LogP contribution in [0.1, 0.15) is 75.1 Å². The number of benzene rings is 2. The molecule has 0 saturated heterocycles. The van der Waals surface area contributed by atoms with Gasteiger partial charge in [-0.3, -0.25) is 0 Å². The van der Waals surface area contributed by atoms with Crippen molar-refractivity contribution < 1.29 is 33.3 Å². The fourth-order valence-electron chi connectivity index (χ4n) is 3.20. The number of rotatable bonds is 15. The maximum Gasteiger partial charge on any atom is 0.339 e. The first kappa shape index (κ1) is 31.2. The van der Waals surface area contributed by atoms with E-state index in [0.717, 1.165) is 27.8 Å². The van der Waals surface area contributed by atoms with Crippen molar-refractivity contribution in [3.63, 3.8) is 0 Å². The lowest BCUT2D eigenvalue weighted by atomic mass is 9.99. The van der Waals surface area contributed by atoms with Crippen LogP contribution in [0.3, 0.4) is 0 Å². The van der Waals surface area contributed by atoms with E-state index in [-0.39, 0.29) is 24.3 Å². The van der Waals surface area contributed by atoms with Gasteiger partial charge in [0.1, 0.15) is 5.75 Å². The molecule has 0 aromatic heterocycles. The van der Waals surface area contributed by atoms with Crippen molar-refractivity contribution in [3.05, 3.63) is 89.1 Å². The molecule has 0 N–H and O–H groups in total. The first-order chi connectivity index (χ1) is 18.7. The van der Waals surface area contributed by atoms with E-state index in [1.54, 1.807) is 37.0 Å². The molecule has 0 bridgehead atoms. The average Bonchev–Trinajstić information content (AvgIpc) is 2.90. The molecule has 0 spiro atoms. The highest BCUT2D eigenvalue weighted by Crippen LogP contribution is 2.26. The van der Waals surface area contributed by atoms with E-state index in [9.17, 15) is 9.59 Å². The molecule has 0 unspecified atom stereocenters. The highest BCUT2D eigenvalue weighted by atomic mass is 16.5. The molecule has 39 heavy (non-hydrogen) atoms. The SMILES string of the molecule is CC(C)=COCCCOC(=O)c1ccc(-c2ccc(OC=C(C)C)cc2)cc1C(=O)OCCCOC=C(C)C. The molecule has 2 aromatic rings. The van der Waals surface area contributed by atoms with Crippen molar-refractivity contribution in [1.29, 1.82) is 0 Å². The Kier molecular flexibility index (Phi) is 13.4. The monoisotopic (exact) mass is 536 g/mol. The Balaban J connectivity index is 2.16. The van der Waals surface area contributed by atoms with Gasteiger partial charge in [0.15, 0.2) is 0 Å². The van der Waals surface area contributed by atoms with Gasteiger partial charge in [-0.15, -0.1) is 0 Å². The second-order valence-electron chi connectivity index (χ2n) is 9.71. The summed E-state index contributed by atoms with van der Waals surface area (Å²) < 4.78 is 27.3. The lowest BCUT2D eigenvalue weighted by molar-refractivity contribution is 0.0430. The zero-order valence-corrected chi connectivity index (χ0v) is 23.9. The molecule has 0 fully saturated rings. The Hall–Kier alpha value is -4.00. The highest BCUT2D eigenvalue weighted by molar-refractivity contribution is 6.04. The summed E-state index contributed by atoms with van der Waals surface area (Å²) >= 11 is 0. The molecule has 210 valence electrons. The van der Waals surface area contributed by atoms with Crippen LogP contribution in [0, 0.1) is 0 Å². The summed E-state index contributed by atoms with van der Waals surface area (Å²) in [6, 6.07) is 12.5. The van der Waals surface area contributed by atoms with Gasteiger partial charge in [-0.25, -0.2) is 9.59 Å². The number of carbonyl (C=O) groups excluding carboxylic acids is 2. The summed E-state index contributed by atoms with van der Waals surface area (Å²) in [5.74, 6) is -0.488. The van der Waals surface area contributed by atoms with Gasteiger partial charge in [0.05, 0.1) is 56.3 Å². The number of hydrogen-bond donors (Lipinski definition) is 0. The van der Waals surface area contributed by atoms with Crippen molar-refractivity contribution in [1.82, 2.24) is 0 Å². The minimum absolute atomic E-state index is 0.147. The van der Waals surface area contributed by atoms with E-state index in [2.05, 4.69) is 0 Å². The maximum atomic E-state index is 13.0. The summed E-state index contributed by atoms with van der Waals surface area (Å²) in [5, 5.41) is 0. The summed E-state index contributed by atoms with van der Waals surface area (Å²) in [5.41, 5.74) is 5.07. The minimum atomic E-state index is -0.596. The molecular weight excluding hydrogens is 496 g/mol. The van der Waals surface area contributed by atoms with Gasteiger partial charge in [-0.05, 0) is 93.7 Å². The molecule has 0 heterocycles. The molecule has 0 aliphatic carbocycles. The molecule has 0 amide bonds. The van der Waals surface area contributed by atoms with Crippen LogP contribution >= 0.6 is 0 Å². The molecule has 0 radical (unpaired) electrons.